The Bertz CT molecular complexity index is 1140. The Balaban J connectivity index is 2.03. The van der Waals surface area contributed by atoms with Gasteiger partial charge < -0.3 is 14.8 Å². The Hall–Kier alpha value is -3.33. The SMILES string of the molecule is CCN1C(C(=O)Nc2cccc(C)c2)=CC(c2ccc(OC)c(OC)c2)=NS1(=O)=O. The summed E-state index contributed by atoms with van der Waals surface area (Å²) in [5.74, 6) is 0.378. The average Bonchev–Trinajstić information content (AvgIpc) is 2.71. The van der Waals surface area contributed by atoms with Crippen molar-refractivity contribution in [2.24, 2.45) is 4.40 Å². The highest BCUT2D eigenvalue weighted by Gasteiger charge is 2.32. The molecule has 8 nitrogen and oxygen atoms in total. The first-order valence-corrected chi connectivity index (χ1v) is 10.6. The predicted molar refractivity (Wildman–Crippen MR) is 115 cm³/mol. The summed E-state index contributed by atoms with van der Waals surface area (Å²) in [6, 6.07) is 12.2. The summed E-state index contributed by atoms with van der Waals surface area (Å²) >= 11 is 0. The fourth-order valence-electron chi connectivity index (χ4n) is 3.09. The van der Waals surface area contributed by atoms with Crippen molar-refractivity contribution >= 4 is 27.5 Å². The molecule has 9 heteroatoms. The molecule has 1 aliphatic rings. The number of carbonyl (C=O) groups excluding carboxylic acids is 1. The molecule has 2 aromatic rings. The number of ether oxygens (including phenoxy) is 2. The lowest BCUT2D eigenvalue weighted by atomic mass is 10.1. The van der Waals surface area contributed by atoms with Crippen LogP contribution in [-0.2, 0) is 15.0 Å². The van der Waals surface area contributed by atoms with Gasteiger partial charge in [0.05, 0.1) is 19.9 Å². The van der Waals surface area contributed by atoms with E-state index in [9.17, 15) is 13.2 Å². The van der Waals surface area contributed by atoms with Crippen molar-refractivity contribution in [1.29, 1.82) is 0 Å². The zero-order valence-corrected chi connectivity index (χ0v) is 18.0. The predicted octanol–water partition coefficient (Wildman–Crippen LogP) is 2.90. The molecule has 0 fully saturated rings. The highest BCUT2D eigenvalue weighted by Crippen LogP contribution is 2.30. The lowest BCUT2D eigenvalue weighted by Gasteiger charge is -2.26. The molecular weight excluding hydrogens is 406 g/mol. The maximum atomic E-state index is 13.0. The Labute approximate surface area is 176 Å². The van der Waals surface area contributed by atoms with E-state index in [4.69, 9.17) is 9.47 Å². The third kappa shape index (κ3) is 4.30. The number of hydrogen-bond acceptors (Lipinski definition) is 5. The van der Waals surface area contributed by atoms with Gasteiger partial charge in [0.15, 0.2) is 11.5 Å². The Morgan fingerprint density at radius 1 is 1.10 bits per heavy atom. The number of likely N-dealkylation sites (N-methyl/N-ethyl adjacent to an activating group) is 1. The Kier molecular flexibility index (Phi) is 6.12. The summed E-state index contributed by atoms with van der Waals surface area (Å²) in [5, 5.41) is 2.75. The van der Waals surface area contributed by atoms with E-state index in [1.165, 1.54) is 20.3 Å². The number of benzene rings is 2. The molecule has 0 spiro atoms. The van der Waals surface area contributed by atoms with Gasteiger partial charge in [-0.2, -0.15) is 8.42 Å². The van der Waals surface area contributed by atoms with Gasteiger partial charge >= 0.3 is 10.2 Å². The van der Waals surface area contributed by atoms with Gasteiger partial charge in [-0.05, 0) is 55.8 Å². The minimum atomic E-state index is -4.08. The van der Waals surface area contributed by atoms with Gasteiger partial charge in [-0.25, -0.2) is 4.31 Å². The number of allylic oxidation sites excluding steroid dienone is 1. The number of anilines is 1. The summed E-state index contributed by atoms with van der Waals surface area (Å²) in [7, 11) is -1.09. The van der Waals surface area contributed by atoms with Gasteiger partial charge in [-0.3, -0.25) is 4.79 Å². The average molecular weight is 429 g/mol. The van der Waals surface area contributed by atoms with Crippen LogP contribution < -0.4 is 14.8 Å². The van der Waals surface area contributed by atoms with Gasteiger partial charge in [0.25, 0.3) is 5.91 Å². The third-order valence-corrected chi connectivity index (χ3v) is 5.95. The third-order valence-electron chi connectivity index (χ3n) is 4.51. The molecule has 30 heavy (non-hydrogen) atoms. The molecule has 1 N–H and O–H groups in total. The second-order valence-corrected chi connectivity index (χ2v) is 8.06. The van der Waals surface area contributed by atoms with Crippen LogP contribution in [-0.4, -0.2) is 45.1 Å². The normalized spacial score (nSPS) is 15.1. The first-order chi connectivity index (χ1) is 14.3. The lowest BCUT2D eigenvalue weighted by molar-refractivity contribution is -0.113. The van der Waals surface area contributed by atoms with Crippen molar-refractivity contribution in [3.63, 3.8) is 0 Å². The lowest BCUT2D eigenvalue weighted by Crippen LogP contribution is -2.38. The van der Waals surface area contributed by atoms with E-state index >= 15 is 0 Å². The number of nitrogens with zero attached hydrogens (tertiary/aromatic N) is 2. The first-order valence-electron chi connectivity index (χ1n) is 9.23. The summed E-state index contributed by atoms with van der Waals surface area (Å²) < 4.78 is 40.9. The van der Waals surface area contributed by atoms with Gasteiger partial charge in [-0.15, -0.1) is 4.40 Å². The number of aryl methyl sites for hydroxylation is 1. The van der Waals surface area contributed by atoms with E-state index in [2.05, 4.69) is 9.71 Å². The van der Waals surface area contributed by atoms with Crippen LogP contribution in [0, 0.1) is 6.92 Å². The number of amides is 1. The molecule has 1 heterocycles. The molecule has 2 aromatic carbocycles. The van der Waals surface area contributed by atoms with Crippen molar-refractivity contribution in [1.82, 2.24) is 4.31 Å². The minimum absolute atomic E-state index is 0.0150. The first kappa shape index (κ1) is 21.4. The second-order valence-electron chi connectivity index (χ2n) is 6.54. The van der Waals surface area contributed by atoms with Crippen LogP contribution in [0.5, 0.6) is 11.5 Å². The van der Waals surface area contributed by atoms with E-state index in [1.807, 2.05) is 19.1 Å². The number of methoxy groups -OCH3 is 2. The summed E-state index contributed by atoms with van der Waals surface area (Å²) in [4.78, 5) is 13.0. The molecule has 0 radical (unpaired) electrons. The standard InChI is InChI=1S/C21H23N3O5S/c1-5-24-18(21(25)22-16-8-6-7-14(2)11-16)13-17(23-30(24,26)27)15-9-10-19(28-3)20(12-15)29-4/h6-13H,5H2,1-4H3,(H,22,25). The van der Waals surface area contributed by atoms with E-state index in [1.54, 1.807) is 37.3 Å². The topological polar surface area (TPSA) is 97.3 Å². The molecule has 0 unspecified atom stereocenters. The van der Waals surface area contributed by atoms with Gasteiger partial charge in [0, 0.05) is 17.8 Å². The summed E-state index contributed by atoms with van der Waals surface area (Å²) in [6.45, 7) is 3.61. The number of hydrogen-bond donors (Lipinski definition) is 1. The molecule has 1 amide bonds. The monoisotopic (exact) mass is 429 g/mol. The van der Waals surface area contributed by atoms with Crippen molar-refractivity contribution in [2.75, 3.05) is 26.1 Å². The quantitative estimate of drug-likeness (QED) is 0.762. The number of carbonyl (C=O) groups is 1. The molecule has 158 valence electrons. The summed E-state index contributed by atoms with van der Waals surface area (Å²) in [6.07, 6.45) is 1.46. The van der Waals surface area contributed by atoms with Crippen LogP contribution in [0.15, 0.2) is 58.6 Å². The molecule has 0 saturated heterocycles. The molecule has 1 aliphatic heterocycles. The fourth-order valence-corrected chi connectivity index (χ4v) is 4.30. The smallest absolute Gasteiger partial charge is 0.345 e. The van der Waals surface area contributed by atoms with Crippen LogP contribution in [0.3, 0.4) is 0 Å². The number of nitrogens with one attached hydrogen (secondary N) is 1. The highest BCUT2D eigenvalue weighted by atomic mass is 32.2. The molecule has 0 atom stereocenters. The van der Waals surface area contributed by atoms with Gasteiger partial charge in [-0.1, -0.05) is 12.1 Å². The maximum Gasteiger partial charge on any atom is 0.345 e. The van der Waals surface area contributed by atoms with E-state index in [0.29, 0.717) is 22.7 Å². The fraction of sp³-hybridized carbons (Fsp3) is 0.238. The Morgan fingerprint density at radius 3 is 2.47 bits per heavy atom. The molecular formula is C21H23N3O5S. The molecule has 0 aliphatic carbocycles. The highest BCUT2D eigenvalue weighted by molar-refractivity contribution is 7.88. The molecule has 0 saturated carbocycles. The van der Waals surface area contributed by atoms with Gasteiger partial charge in [0.2, 0.25) is 0 Å². The van der Waals surface area contributed by atoms with Crippen LogP contribution in [0.25, 0.3) is 0 Å². The van der Waals surface area contributed by atoms with Crippen LogP contribution >= 0.6 is 0 Å². The second kappa shape index (κ2) is 8.58. The molecule has 0 aromatic heterocycles. The number of rotatable bonds is 6. The van der Waals surface area contributed by atoms with Crippen molar-refractivity contribution in [3.8, 4) is 11.5 Å². The zero-order chi connectivity index (χ0) is 21.9. The van der Waals surface area contributed by atoms with Crippen LogP contribution in [0.1, 0.15) is 18.1 Å². The van der Waals surface area contributed by atoms with E-state index < -0.39 is 16.1 Å². The van der Waals surface area contributed by atoms with Crippen molar-refractivity contribution < 1.29 is 22.7 Å². The Morgan fingerprint density at radius 2 is 1.83 bits per heavy atom. The zero-order valence-electron chi connectivity index (χ0n) is 17.2. The molecule has 0 bridgehead atoms. The largest absolute Gasteiger partial charge is 0.493 e. The summed E-state index contributed by atoms with van der Waals surface area (Å²) in [5.41, 5.74) is 2.14. The van der Waals surface area contributed by atoms with Gasteiger partial charge in [0.1, 0.15) is 5.70 Å². The van der Waals surface area contributed by atoms with E-state index in [0.717, 1.165) is 9.87 Å². The van der Waals surface area contributed by atoms with Crippen molar-refractivity contribution in [2.45, 2.75) is 13.8 Å². The van der Waals surface area contributed by atoms with E-state index in [-0.39, 0.29) is 18.0 Å². The van der Waals surface area contributed by atoms with Crippen LogP contribution in [0.2, 0.25) is 0 Å². The van der Waals surface area contributed by atoms with Crippen molar-refractivity contribution in [3.05, 3.63) is 65.4 Å². The molecule has 3 rings (SSSR count). The maximum absolute atomic E-state index is 13.0. The minimum Gasteiger partial charge on any atom is -0.493 e. The van der Waals surface area contributed by atoms with Crippen LogP contribution in [0.4, 0.5) is 5.69 Å².